The molecular formula is C13H15BrFN3. The molecule has 1 N–H and O–H groups in total. The summed E-state index contributed by atoms with van der Waals surface area (Å²) in [6, 6.07) is 5.03. The molecule has 2 aromatic rings. The first-order valence-electron chi connectivity index (χ1n) is 5.71. The van der Waals surface area contributed by atoms with Crippen LogP contribution in [0.15, 0.2) is 28.9 Å². The van der Waals surface area contributed by atoms with Gasteiger partial charge in [-0.2, -0.15) is 5.10 Å². The van der Waals surface area contributed by atoms with Gasteiger partial charge < -0.3 is 5.32 Å². The molecule has 0 aliphatic heterocycles. The highest BCUT2D eigenvalue weighted by Crippen LogP contribution is 2.18. The lowest BCUT2D eigenvalue weighted by molar-refractivity contribution is 0.616. The van der Waals surface area contributed by atoms with E-state index in [9.17, 15) is 4.39 Å². The summed E-state index contributed by atoms with van der Waals surface area (Å²) in [5.41, 5.74) is 3.33. The summed E-state index contributed by atoms with van der Waals surface area (Å²) < 4.78 is 15.6. The van der Waals surface area contributed by atoms with E-state index < -0.39 is 0 Å². The molecule has 0 aliphatic carbocycles. The average molecular weight is 312 g/mol. The molecule has 18 heavy (non-hydrogen) atoms. The van der Waals surface area contributed by atoms with Crippen LogP contribution in [0.5, 0.6) is 0 Å². The van der Waals surface area contributed by atoms with Gasteiger partial charge in [-0.1, -0.05) is 6.07 Å². The van der Waals surface area contributed by atoms with Crippen LogP contribution in [-0.4, -0.2) is 16.8 Å². The number of rotatable bonds is 4. The van der Waals surface area contributed by atoms with Crippen LogP contribution in [0, 0.1) is 12.7 Å². The smallest absolute Gasteiger partial charge is 0.137 e. The molecule has 0 fully saturated rings. The highest BCUT2D eigenvalue weighted by atomic mass is 79.9. The second-order valence-electron chi connectivity index (χ2n) is 4.19. The zero-order valence-corrected chi connectivity index (χ0v) is 12.0. The predicted molar refractivity (Wildman–Crippen MR) is 72.9 cm³/mol. The van der Waals surface area contributed by atoms with Crippen molar-refractivity contribution >= 4 is 15.9 Å². The molecule has 0 saturated carbocycles. The Morgan fingerprint density at radius 2 is 2.22 bits per heavy atom. The lowest BCUT2D eigenvalue weighted by atomic mass is 10.2. The normalized spacial score (nSPS) is 10.9. The first-order valence-corrected chi connectivity index (χ1v) is 6.51. The Balaban J connectivity index is 2.20. The monoisotopic (exact) mass is 311 g/mol. The Morgan fingerprint density at radius 1 is 1.44 bits per heavy atom. The van der Waals surface area contributed by atoms with Crippen LogP contribution in [-0.2, 0) is 13.1 Å². The van der Waals surface area contributed by atoms with Crippen molar-refractivity contribution in [3.05, 3.63) is 51.5 Å². The van der Waals surface area contributed by atoms with E-state index in [4.69, 9.17) is 0 Å². The molecule has 0 spiro atoms. The fraction of sp³-hybridized carbons (Fsp3) is 0.308. The number of hydrogen-bond donors (Lipinski definition) is 1. The van der Waals surface area contributed by atoms with E-state index in [2.05, 4.69) is 26.3 Å². The molecule has 1 aromatic carbocycles. The highest BCUT2D eigenvalue weighted by molar-refractivity contribution is 9.10. The van der Waals surface area contributed by atoms with Crippen molar-refractivity contribution in [2.45, 2.75) is 20.0 Å². The molecule has 1 heterocycles. The van der Waals surface area contributed by atoms with E-state index in [1.807, 2.05) is 24.9 Å². The quantitative estimate of drug-likeness (QED) is 0.941. The fourth-order valence-corrected chi connectivity index (χ4v) is 2.25. The predicted octanol–water partition coefficient (Wildman–Crippen LogP) is 2.86. The summed E-state index contributed by atoms with van der Waals surface area (Å²) in [6.45, 7) is 3.49. The molecule has 0 aliphatic rings. The van der Waals surface area contributed by atoms with Gasteiger partial charge in [-0.05, 0) is 47.6 Å². The van der Waals surface area contributed by atoms with Gasteiger partial charge in [0.2, 0.25) is 0 Å². The van der Waals surface area contributed by atoms with Gasteiger partial charge in [0.1, 0.15) is 5.82 Å². The molecule has 96 valence electrons. The molecular weight excluding hydrogens is 297 g/mol. The summed E-state index contributed by atoms with van der Waals surface area (Å²) in [7, 11) is 1.91. The largest absolute Gasteiger partial charge is 0.316 e. The Morgan fingerprint density at radius 3 is 2.89 bits per heavy atom. The van der Waals surface area contributed by atoms with Gasteiger partial charge in [0, 0.05) is 17.8 Å². The molecule has 1 aromatic heterocycles. The number of halogens is 2. The Labute approximate surface area is 114 Å². The summed E-state index contributed by atoms with van der Waals surface area (Å²) in [4.78, 5) is 0. The van der Waals surface area contributed by atoms with Crippen molar-refractivity contribution in [2.75, 3.05) is 7.05 Å². The van der Waals surface area contributed by atoms with E-state index in [0.717, 1.165) is 17.8 Å². The summed E-state index contributed by atoms with van der Waals surface area (Å²) in [6.07, 6.45) is 1.87. The molecule has 2 rings (SSSR count). The highest BCUT2D eigenvalue weighted by Gasteiger charge is 2.07. The third-order valence-electron chi connectivity index (χ3n) is 2.89. The lowest BCUT2D eigenvalue weighted by Gasteiger charge is -2.06. The van der Waals surface area contributed by atoms with Crippen LogP contribution in [0.2, 0.25) is 0 Å². The number of nitrogens with one attached hydrogen (secondary N) is 1. The minimum absolute atomic E-state index is 0.244. The van der Waals surface area contributed by atoms with Gasteiger partial charge in [0.25, 0.3) is 0 Å². The molecule has 0 bridgehead atoms. The van der Waals surface area contributed by atoms with E-state index >= 15 is 0 Å². The molecule has 5 heteroatoms. The average Bonchev–Trinajstić information content (AvgIpc) is 2.67. The zero-order valence-electron chi connectivity index (χ0n) is 10.4. The van der Waals surface area contributed by atoms with Crippen molar-refractivity contribution in [3.63, 3.8) is 0 Å². The number of hydrogen-bond acceptors (Lipinski definition) is 2. The van der Waals surface area contributed by atoms with Crippen molar-refractivity contribution in [1.82, 2.24) is 15.1 Å². The third-order valence-corrected chi connectivity index (χ3v) is 3.50. The second kappa shape index (κ2) is 5.63. The minimum atomic E-state index is -0.244. The standard InChI is InChI=1S/C13H15BrFN3/c1-9-11(6-16-2)7-17-18(9)8-10-3-4-13(15)12(14)5-10/h3-5,7,16H,6,8H2,1-2H3. The number of aromatic nitrogens is 2. The van der Waals surface area contributed by atoms with Crippen LogP contribution in [0.3, 0.4) is 0 Å². The van der Waals surface area contributed by atoms with Gasteiger partial charge in [-0.3, -0.25) is 4.68 Å². The van der Waals surface area contributed by atoms with E-state index in [1.165, 1.54) is 11.6 Å². The number of benzene rings is 1. The maximum atomic E-state index is 13.1. The lowest BCUT2D eigenvalue weighted by Crippen LogP contribution is -2.08. The van der Waals surface area contributed by atoms with Crippen molar-refractivity contribution in [1.29, 1.82) is 0 Å². The van der Waals surface area contributed by atoms with Crippen LogP contribution < -0.4 is 5.32 Å². The summed E-state index contributed by atoms with van der Waals surface area (Å²) >= 11 is 3.19. The minimum Gasteiger partial charge on any atom is -0.316 e. The maximum Gasteiger partial charge on any atom is 0.137 e. The molecule has 0 amide bonds. The van der Waals surface area contributed by atoms with E-state index in [-0.39, 0.29) is 5.82 Å². The summed E-state index contributed by atoms with van der Waals surface area (Å²) in [5.74, 6) is -0.244. The first kappa shape index (κ1) is 13.2. The van der Waals surface area contributed by atoms with E-state index in [1.54, 1.807) is 12.1 Å². The van der Waals surface area contributed by atoms with Gasteiger partial charge in [0.05, 0.1) is 17.2 Å². The molecule has 0 atom stereocenters. The van der Waals surface area contributed by atoms with Gasteiger partial charge in [-0.15, -0.1) is 0 Å². The van der Waals surface area contributed by atoms with E-state index in [0.29, 0.717) is 11.0 Å². The van der Waals surface area contributed by atoms with Crippen LogP contribution in [0.4, 0.5) is 4.39 Å². The molecule has 0 saturated heterocycles. The number of nitrogens with zero attached hydrogens (tertiary/aromatic N) is 2. The SMILES string of the molecule is CNCc1cnn(Cc2ccc(F)c(Br)c2)c1C. The van der Waals surface area contributed by atoms with Crippen LogP contribution >= 0.6 is 15.9 Å². The van der Waals surface area contributed by atoms with Gasteiger partial charge in [0.15, 0.2) is 0 Å². The zero-order chi connectivity index (χ0) is 13.1. The Hall–Kier alpha value is -1.20. The molecule has 3 nitrogen and oxygen atoms in total. The van der Waals surface area contributed by atoms with Crippen molar-refractivity contribution in [3.8, 4) is 0 Å². The maximum absolute atomic E-state index is 13.1. The Bertz CT molecular complexity index is 551. The van der Waals surface area contributed by atoms with Crippen LogP contribution in [0.25, 0.3) is 0 Å². The third kappa shape index (κ3) is 2.79. The fourth-order valence-electron chi connectivity index (χ4n) is 1.82. The van der Waals surface area contributed by atoms with Crippen molar-refractivity contribution in [2.24, 2.45) is 0 Å². The second-order valence-corrected chi connectivity index (χ2v) is 5.05. The topological polar surface area (TPSA) is 29.9 Å². The first-order chi connectivity index (χ1) is 8.61. The molecule has 0 unspecified atom stereocenters. The Kier molecular flexibility index (Phi) is 4.14. The summed E-state index contributed by atoms with van der Waals surface area (Å²) in [5, 5.41) is 7.46. The van der Waals surface area contributed by atoms with Gasteiger partial charge in [-0.25, -0.2) is 4.39 Å². The van der Waals surface area contributed by atoms with Crippen LogP contribution in [0.1, 0.15) is 16.8 Å². The van der Waals surface area contributed by atoms with Gasteiger partial charge >= 0.3 is 0 Å². The van der Waals surface area contributed by atoms with Crippen molar-refractivity contribution < 1.29 is 4.39 Å². The molecule has 0 radical (unpaired) electrons.